The molecule has 2 aliphatic heterocycles. The molecule has 0 radical (unpaired) electrons. The van der Waals surface area contributed by atoms with E-state index in [1.807, 2.05) is 12.2 Å². The van der Waals surface area contributed by atoms with E-state index in [0.29, 0.717) is 0 Å². The Bertz CT molecular complexity index is 347. The van der Waals surface area contributed by atoms with Crippen LogP contribution in [0.3, 0.4) is 0 Å². The maximum Gasteiger partial charge on any atom is 0.184 e. The second kappa shape index (κ2) is 5.37. The van der Waals surface area contributed by atoms with E-state index in [1.54, 1.807) is 0 Å². The Kier molecular flexibility index (Phi) is 3.62. The number of ketones is 1. The Morgan fingerprint density at radius 1 is 0.889 bits per heavy atom. The van der Waals surface area contributed by atoms with E-state index in [-0.39, 0.29) is 18.0 Å². The van der Waals surface area contributed by atoms with Crippen molar-refractivity contribution in [2.45, 2.75) is 50.7 Å². The summed E-state index contributed by atoms with van der Waals surface area (Å²) in [6, 6.07) is 0. The first kappa shape index (κ1) is 12.1. The van der Waals surface area contributed by atoms with Crippen LogP contribution in [0.15, 0.2) is 23.3 Å². The van der Waals surface area contributed by atoms with Gasteiger partial charge in [-0.1, -0.05) is 0 Å². The van der Waals surface area contributed by atoms with Crippen molar-refractivity contribution >= 4 is 5.78 Å². The Labute approximate surface area is 108 Å². The van der Waals surface area contributed by atoms with E-state index in [9.17, 15) is 4.79 Å². The lowest BCUT2D eigenvalue weighted by Gasteiger charge is -2.05. The van der Waals surface area contributed by atoms with Crippen molar-refractivity contribution in [3.05, 3.63) is 23.3 Å². The van der Waals surface area contributed by atoms with Crippen molar-refractivity contribution < 1.29 is 14.3 Å². The zero-order valence-corrected chi connectivity index (χ0v) is 10.7. The molecule has 18 heavy (non-hydrogen) atoms. The van der Waals surface area contributed by atoms with Crippen LogP contribution >= 0.6 is 0 Å². The second-order valence-electron chi connectivity index (χ2n) is 5.32. The van der Waals surface area contributed by atoms with Crippen molar-refractivity contribution in [1.29, 1.82) is 0 Å². The van der Waals surface area contributed by atoms with E-state index in [1.165, 1.54) is 0 Å². The quantitative estimate of drug-likeness (QED) is 0.704. The number of Topliss-reactive ketones (excluding diaryl/α,β-unsaturated/α-hetero) is 1. The molecule has 0 aromatic carbocycles. The summed E-state index contributed by atoms with van der Waals surface area (Å²) in [6.07, 6.45) is 10.5. The van der Waals surface area contributed by atoms with Gasteiger partial charge >= 0.3 is 0 Å². The van der Waals surface area contributed by atoms with Gasteiger partial charge in [-0.3, -0.25) is 4.79 Å². The molecule has 3 heteroatoms. The number of carbonyl (C=O) groups is 1. The zero-order chi connectivity index (χ0) is 12.4. The summed E-state index contributed by atoms with van der Waals surface area (Å²) in [5.41, 5.74) is 1.90. The summed E-state index contributed by atoms with van der Waals surface area (Å²) < 4.78 is 11.1. The summed E-state index contributed by atoms with van der Waals surface area (Å²) in [5.74, 6) is 0.223. The van der Waals surface area contributed by atoms with Crippen LogP contribution < -0.4 is 0 Å². The third-order valence-electron chi connectivity index (χ3n) is 3.95. The number of ether oxygens (including phenoxy) is 2. The average Bonchev–Trinajstić information content (AvgIpc) is 3.08. The van der Waals surface area contributed by atoms with Crippen LogP contribution in [0.4, 0.5) is 0 Å². The van der Waals surface area contributed by atoms with Gasteiger partial charge < -0.3 is 9.47 Å². The van der Waals surface area contributed by atoms with E-state index >= 15 is 0 Å². The summed E-state index contributed by atoms with van der Waals surface area (Å²) >= 11 is 0. The largest absolute Gasteiger partial charge is 0.374 e. The lowest BCUT2D eigenvalue weighted by atomic mass is 10.1. The zero-order valence-electron chi connectivity index (χ0n) is 10.7. The van der Waals surface area contributed by atoms with Crippen LogP contribution in [0.2, 0.25) is 0 Å². The molecule has 3 nitrogen and oxygen atoms in total. The first-order chi connectivity index (χ1) is 8.83. The Hall–Kier alpha value is -0.930. The van der Waals surface area contributed by atoms with Gasteiger partial charge in [-0.25, -0.2) is 0 Å². The number of rotatable bonds is 2. The minimum absolute atomic E-state index is 0.172. The topological polar surface area (TPSA) is 35.5 Å². The maximum absolute atomic E-state index is 12.2. The molecule has 2 heterocycles. The molecule has 0 bridgehead atoms. The van der Waals surface area contributed by atoms with Crippen molar-refractivity contribution in [3.63, 3.8) is 0 Å². The van der Waals surface area contributed by atoms with Crippen molar-refractivity contribution in [2.24, 2.45) is 0 Å². The Morgan fingerprint density at radius 2 is 1.39 bits per heavy atom. The van der Waals surface area contributed by atoms with E-state index in [0.717, 1.165) is 62.9 Å². The minimum atomic E-state index is 0.172. The molecule has 3 fully saturated rings. The van der Waals surface area contributed by atoms with Gasteiger partial charge in [-0.15, -0.1) is 0 Å². The number of allylic oxidation sites excluding steroid dienone is 2. The molecule has 1 aliphatic carbocycles. The molecule has 0 spiro atoms. The highest BCUT2D eigenvalue weighted by atomic mass is 16.5. The first-order valence-corrected chi connectivity index (χ1v) is 7.02. The van der Waals surface area contributed by atoms with Crippen molar-refractivity contribution in [1.82, 2.24) is 0 Å². The van der Waals surface area contributed by atoms with Gasteiger partial charge in [0.15, 0.2) is 5.78 Å². The third kappa shape index (κ3) is 2.57. The smallest absolute Gasteiger partial charge is 0.184 e. The van der Waals surface area contributed by atoms with Gasteiger partial charge in [-0.05, 0) is 61.8 Å². The summed E-state index contributed by atoms with van der Waals surface area (Å²) in [5, 5.41) is 0. The van der Waals surface area contributed by atoms with Crippen LogP contribution in [-0.2, 0) is 14.3 Å². The summed E-state index contributed by atoms with van der Waals surface area (Å²) in [6.45, 7) is 1.67. The SMILES string of the molecule is O=C1/C(=C\[C@@H]2CCCO2)CC/C1=C\[C@@H]1CCCO1. The van der Waals surface area contributed by atoms with Gasteiger partial charge in [0, 0.05) is 13.2 Å². The molecule has 0 aromatic rings. The molecule has 3 aliphatic rings. The van der Waals surface area contributed by atoms with Crippen LogP contribution in [0.1, 0.15) is 38.5 Å². The fourth-order valence-corrected chi connectivity index (χ4v) is 2.94. The van der Waals surface area contributed by atoms with Gasteiger partial charge in [0.1, 0.15) is 0 Å². The highest BCUT2D eigenvalue weighted by molar-refractivity contribution is 6.10. The van der Waals surface area contributed by atoms with E-state index in [4.69, 9.17) is 9.47 Å². The molecule has 1 saturated carbocycles. The molecule has 3 rings (SSSR count). The molecule has 2 atom stereocenters. The predicted molar refractivity (Wildman–Crippen MR) is 68.4 cm³/mol. The number of hydrogen-bond acceptors (Lipinski definition) is 3. The normalized spacial score (nSPS) is 37.2. The van der Waals surface area contributed by atoms with E-state index in [2.05, 4.69) is 0 Å². The van der Waals surface area contributed by atoms with Gasteiger partial charge in [0.2, 0.25) is 0 Å². The van der Waals surface area contributed by atoms with Gasteiger partial charge in [-0.2, -0.15) is 0 Å². The molecule has 0 amide bonds. The third-order valence-corrected chi connectivity index (χ3v) is 3.95. The highest BCUT2D eigenvalue weighted by Crippen LogP contribution is 2.29. The Morgan fingerprint density at radius 3 is 1.78 bits per heavy atom. The number of carbonyl (C=O) groups excluding carboxylic acids is 1. The molecule has 0 aromatic heterocycles. The molecule has 0 unspecified atom stereocenters. The van der Waals surface area contributed by atoms with Gasteiger partial charge in [0.25, 0.3) is 0 Å². The average molecular weight is 248 g/mol. The van der Waals surface area contributed by atoms with Crippen LogP contribution in [-0.4, -0.2) is 31.2 Å². The molecule has 2 saturated heterocycles. The predicted octanol–water partition coefficient (Wildman–Crippen LogP) is 2.56. The van der Waals surface area contributed by atoms with E-state index < -0.39 is 0 Å². The van der Waals surface area contributed by atoms with Crippen molar-refractivity contribution in [2.75, 3.05) is 13.2 Å². The summed E-state index contributed by atoms with van der Waals surface area (Å²) in [7, 11) is 0. The van der Waals surface area contributed by atoms with Crippen LogP contribution in [0.25, 0.3) is 0 Å². The second-order valence-corrected chi connectivity index (χ2v) is 5.32. The number of hydrogen-bond donors (Lipinski definition) is 0. The molecular weight excluding hydrogens is 228 g/mol. The monoisotopic (exact) mass is 248 g/mol. The van der Waals surface area contributed by atoms with Gasteiger partial charge in [0.05, 0.1) is 12.2 Å². The molecular formula is C15H20O3. The highest BCUT2D eigenvalue weighted by Gasteiger charge is 2.26. The van der Waals surface area contributed by atoms with Crippen molar-refractivity contribution in [3.8, 4) is 0 Å². The molecule has 0 N–H and O–H groups in total. The maximum atomic E-state index is 12.2. The minimum Gasteiger partial charge on any atom is -0.374 e. The fraction of sp³-hybridized carbons (Fsp3) is 0.667. The summed E-state index contributed by atoms with van der Waals surface area (Å²) in [4.78, 5) is 12.2. The van der Waals surface area contributed by atoms with Crippen LogP contribution in [0, 0.1) is 0 Å². The Balaban J connectivity index is 1.67. The standard InChI is InChI=1S/C15H20O3/c16-15-11(9-13-3-1-7-17-13)5-6-12(15)10-14-4-2-8-18-14/h9-10,13-14H,1-8H2/b11-9-,12-10+/t13-,14-/m0/s1. The molecule has 98 valence electrons. The lowest BCUT2D eigenvalue weighted by Crippen LogP contribution is -2.07. The lowest BCUT2D eigenvalue weighted by molar-refractivity contribution is -0.111. The van der Waals surface area contributed by atoms with Crippen LogP contribution in [0.5, 0.6) is 0 Å². The first-order valence-electron chi connectivity index (χ1n) is 7.02. The fourth-order valence-electron chi connectivity index (χ4n) is 2.94.